The van der Waals surface area contributed by atoms with Crippen molar-refractivity contribution >= 4 is 30.7 Å². The minimum Gasteiger partial charge on any atom is -0.461 e. The summed E-state index contributed by atoms with van der Waals surface area (Å²) in [4.78, 5) is 25.9. The molecule has 15 heteroatoms. The normalized spacial score (nSPS) is 14.5. The zero-order valence-electron chi connectivity index (χ0n) is 37.6. The molecule has 1 unspecified atom stereocenters. The average molecular weight is 893 g/mol. The molecule has 0 aliphatic rings. The van der Waals surface area contributed by atoms with E-state index in [0.29, 0.717) is 0 Å². The van der Waals surface area contributed by atoms with Crippen molar-refractivity contribution in [2.45, 2.75) is 166 Å². The van der Waals surface area contributed by atoms with Crippen LogP contribution in [-0.4, -0.2) is 68.2 Å². The molecular weight excluding hydrogens is 823 g/mol. The third-order valence-corrected chi connectivity index (χ3v) is 12.9. The van der Waals surface area contributed by atoms with Gasteiger partial charge in [0.2, 0.25) is 0 Å². The molecule has 2 aromatic carbocycles. The predicted octanol–water partition coefficient (Wildman–Crippen LogP) is 10.3. The van der Waals surface area contributed by atoms with Crippen LogP contribution in [-0.2, 0) is 36.3 Å². The summed E-state index contributed by atoms with van der Waals surface area (Å²) in [6.45, 7) is 3.48. The highest BCUT2D eigenvalue weighted by atomic mass is 31.2. The number of nitrogen functional groups attached to an aromatic ring is 1. The fourth-order valence-electron chi connectivity index (χ4n) is 7.53. The number of nitrogens with two attached hydrogens (primary N) is 1. The Labute approximate surface area is 374 Å². The third-order valence-electron chi connectivity index (χ3n) is 11.3. The number of aliphatic hydroxyl groups is 1. The first-order valence-corrected chi connectivity index (χ1v) is 24.5. The monoisotopic (exact) mass is 893 g/mol. The highest BCUT2D eigenvalue weighted by molar-refractivity contribution is 7.52. The van der Waals surface area contributed by atoms with Crippen LogP contribution >= 0.6 is 7.75 Å². The fraction of sp³-hybridized carbons (Fsp3) is 0.583. The van der Waals surface area contributed by atoms with Crippen LogP contribution in [0.3, 0.4) is 0 Å². The van der Waals surface area contributed by atoms with E-state index < -0.39 is 44.1 Å². The first kappa shape index (κ1) is 51.3. The van der Waals surface area contributed by atoms with Gasteiger partial charge in [-0.2, -0.15) is 19.4 Å². The Morgan fingerprint density at radius 1 is 0.889 bits per heavy atom. The molecule has 0 spiro atoms. The number of ether oxygens (including phenoxy) is 2. The number of benzene rings is 2. The van der Waals surface area contributed by atoms with E-state index in [0.717, 1.165) is 56.9 Å². The van der Waals surface area contributed by atoms with Crippen molar-refractivity contribution in [2.75, 3.05) is 19.5 Å². The number of unbranched alkanes of at least 4 members (excludes halogenated alkanes) is 14. The van der Waals surface area contributed by atoms with Gasteiger partial charge in [-0.05, 0) is 49.8 Å². The fourth-order valence-corrected chi connectivity index (χ4v) is 9.05. The maximum absolute atomic E-state index is 15.1. The van der Waals surface area contributed by atoms with Crippen molar-refractivity contribution in [2.24, 2.45) is 0 Å². The first-order chi connectivity index (χ1) is 30.5. The Morgan fingerprint density at radius 3 is 2.00 bits per heavy atom. The van der Waals surface area contributed by atoms with Crippen LogP contribution in [0.1, 0.15) is 135 Å². The molecule has 13 nitrogen and oxygen atoms in total. The molecule has 0 saturated carbocycles. The van der Waals surface area contributed by atoms with Gasteiger partial charge in [0.1, 0.15) is 36.1 Å². The van der Waals surface area contributed by atoms with Gasteiger partial charge in [0.15, 0.2) is 17.1 Å². The molecule has 346 valence electrons. The Balaban J connectivity index is 1.55. The molecule has 0 aliphatic carbocycles. The molecule has 0 bridgehead atoms. The minimum absolute atomic E-state index is 0.0205. The van der Waals surface area contributed by atoms with Gasteiger partial charge < -0.3 is 29.4 Å². The van der Waals surface area contributed by atoms with Crippen LogP contribution in [0.2, 0.25) is 0 Å². The number of para-hydroxylation sites is 1. The lowest BCUT2D eigenvalue weighted by Crippen LogP contribution is -2.49. The second kappa shape index (κ2) is 27.7. The van der Waals surface area contributed by atoms with Crippen molar-refractivity contribution in [1.82, 2.24) is 24.6 Å². The number of nitrogens with zero attached hydrogens (tertiary/aromatic N) is 4. The van der Waals surface area contributed by atoms with Crippen molar-refractivity contribution in [3.05, 3.63) is 78.6 Å². The second-order valence-corrected chi connectivity index (χ2v) is 18.0. The standard InChI is InChI=1S/C48H70FN6O7P/c1-5-8-10-12-14-16-18-24-30-39(31-25-19-17-15-13-11-9-6-2)61-46(57)41(34-38-28-22-20-23-29-38)54-63(58,62-40-32-26-21-27-33-40)60-36-48(7-3,59-4)42(56)35-55-37-51-43-44(50)52-47(49)53-45(43)55/h3,20-23,26-29,32-33,37,39,41-42,56H,5-6,8-19,24-25,30-31,34-36H2,1-2,4H3,(H,54,58)(H2,50,52,53)/t41-,42-,48+,63?/m0/s1. The van der Waals surface area contributed by atoms with Gasteiger partial charge in [-0.3, -0.25) is 9.32 Å². The van der Waals surface area contributed by atoms with E-state index in [1.54, 1.807) is 30.3 Å². The van der Waals surface area contributed by atoms with E-state index in [9.17, 15) is 14.3 Å². The van der Waals surface area contributed by atoms with Crippen molar-refractivity contribution < 1.29 is 37.4 Å². The van der Waals surface area contributed by atoms with Gasteiger partial charge in [-0.1, -0.05) is 158 Å². The number of hydrogen-bond donors (Lipinski definition) is 3. The summed E-state index contributed by atoms with van der Waals surface area (Å²) in [5, 5.41) is 14.5. The number of aromatic nitrogens is 4. The number of esters is 1. The molecule has 4 atom stereocenters. The summed E-state index contributed by atoms with van der Waals surface area (Å²) in [5.41, 5.74) is 4.85. The topological polar surface area (TPSA) is 173 Å². The van der Waals surface area contributed by atoms with Gasteiger partial charge in [0, 0.05) is 7.11 Å². The Hall–Kier alpha value is -4.38. The van der Waals surface area contributed by atoms with Gasteiger partial charge >= 0.3 is 19.8 Å². The van der Waals surface area contributed by atoms with Crippen LogP contribution in [0.15, 0.2) is 67.0 Å². The van der Waals surface area contributed by atoms with Gasteiger partial charge in [-0.25, -0.2) is 9.55 Å². The summed E-state index contributed by atoms with van der Waals surface area (Å²) in [6.07, 6.45) is 24.6. The van der Waals surface area contributed by atoms with E-state index in [-0.39, 0.29) is 41.8 Å². The van der Waals surface area contributed by atoms with E-state index in [4.69, 9.17) is 30.7 Å². The highest BCUT2D eigenvalue weighted by Gasteiger charge is 2.43. The number of terminal acetylenes is 1. The molecule has 0 fully saturated rings. The number of halogens is 1. The van der Waals surface area contributed by atoms with Gasteiger partial charge in [0.05, 0.1) is 12.9 Å². The maximum Gasteiger partial charge on any atom is 0.459 e. The number of rotatable bonds is 33. The number of imidazole rings is 1. The van der Waals surface area contributed by atoms with Crippen molar-refractivity contribution in [1.29, 1.82) is 0 Å². The van der Waals surface area contributed by atoms with Crippen LogP contribution in [0, 0.1) is 18.4 Å². The Kier molecular flexibility index (Phi) is 22.6. The SMILES string of the molecule is C#C[C@](COP(=O)(N[C@@H](Cc1ccccc1)C(=O)OC(CCCCCCCCCC)CCCCCCCCCC)Oc1ccccc1)(OC)[C@@H](O)Cn1cnc2c(N)nc(F)nc21. The predicted molar refractivity (Wildman–Crippen MR) is 246 cm³/mol. The van der Waals surface area contributed by atoms with Crippen LogP contribution < -0.4 is 15.3 Å². The number of nitrogens with one attached hydrogen (secondary N) is 1. The van der Waals surface area contributed by atoms with Crippen LogP contribution in [0.5, 0.6) is 5.75 Å². The molecule has 63 heavy (non-hydrogen) atoms. The van der Waals surface area contributed by atoms with E-state index in [1.807, 2.05) is 30.3 Å². The van der Waals surface area contributed by atoms with Gasteiger partial charge in [-0.15, -0.1) is 6.42 Å². The quantitative estimate of drug-likeness (QED) is 0.0136. The Bertz CT molecular complexity index is 1980. The summed E-state index contributed by atoms with van der Waals surface area (Å²) >= 11 is 0. The molecular formula is C48H70FN6O7P. The second-order valence-electron chi connectivity index (χ2n) is 16.3. The third kappa shape index (κ3) is 17.3. The zero-order chi connectivity index (χ0) is 45.3. The summed E-state index contributed by atoms with van der Waals surface area (Å²) < 4.78 is 54.7. The molecule has 2 aromatic heterocycles. The number of fused-ring (bicyclic) bond motifs is 1. The van der Waals surface area contributed by atoms with E-state index >= 15 is 4.57 Å². The summed E-state index contributed by atoms with van der Waals surface area (Å²) in [5.74, 6) is 1.88. The van der Waals surface area contributed by atoms with Crippen LogP contribution in [0.25, 0.3) is 11.2 Å². The molecule has 0 radical (unpaired) electrons. The minimum atomic E-state index is -4.54. The zero-order valence-corrected chi connectivity index (χ0v) is 38.5. The van der Waals surface area contributed by atoms with Crippen molar-refractivity contribution in [3.63, 3.8) is 0 Å². The van der Waals surface area contributed by atoms with Gasteiger partial charge in [0.25, 0.3) is 0 Å². The molecule has 0 amide bonds. The largest absolute Gasteiger partial charge is 0.461 e. The molecule has 4 rings (SSSR count). The lowest BCUT2D eigenvalue weighted by molar-refractivity contribution is -0.152. The lowest BCUT2D eigenvalue weighted by Gasteiger charge is -2.33. The number of anilines is 1. The number of aliphatic hydroxyl groups excluding tert-OH is 1. The molecule has 2 heterocycles. The number of hydrogen-bond acceptors (Lipinski definition) is 11. The van der Waals surface area contributed by atoms with E-state index in [2.05, 4.69) is 39.8 Å². The Morgan fingerprint density at radius 2 is 1.44 bits per heavy atom. The number of carbonyl (C=O) groups is 1. The average Bonchev–Trinajstić information content (AvgIpc) is 3.68. The maximum atomic E-state index is 15.1. The smallest absolute Gasteiger partial charge is 0.459 e. The summed E-state index contributed by atoms with van der Waals surface area (Å²) in [7, 11) is -3.28. The number of methoxy groups -OCH3 is 1. The number of carbonyl (C=O) groups excluding carboxylic acids is 1. The van der Waals surface area contributed by atoms with E-state index in [1.165, 1.54) is 82.2 Å². The molecule has 0 saturated heterocycles. The molecule has 0 aliphatic heterocycles. The highest BCUT2D eigenvalue weighted by Crippen LogP contribution is 2.46. The van der Waals surface area contributed by atoms with Crippen LogP contribution in [0.4, 0.5) is 10.2 Å². The molecule has 4 aromatic rings. The first-order valence-electron chi connectivity index (χ1n) is 22.9. The lowest BCUT2D eigenvalue weighted by atomic mass is 9.98. The summed E-state index contributed by atoms with van der Waals surface area (Å²) in [6, 6.07) is 16.6. The molecule has 4 N–H and O–H groups in total. The van der Waals surface area contributed by atoms with Crippen molar-refractivity contribution in [3.8, 4) is 18.1 Å².